The van der Waals surface area contributed by atoms with Crippen LogP contribution in [0.2, 0.25) is 0 Å². The number of hydrogen-bond acceptors (Lipinski definition) is 5. The van der Waals surface area contributed by atoms with Crippen molar-refractivity contribution in [3.05, 3.63) is 77.1 Å². The summed E-state index contributed by atoms with van der Waals surface area (Å²) in [7, 11) is 0. The van der Waals surface area contributed by atoms with Gasteiger partial charge in [-0.1, -0.05) is 6.07 Å². The summed E-state index contributed by atoms with van der Waals surface area (Å²) >= 11 is 3.41. The molecule has 0 bridgehead atoms. The Balaban J connectivity index is 1.54. The van der Waals surface area contributed by atoms with Gasteiger partial charge in [0.25, 0.3) is 0 Å². The largest absolute Gasteiger partial charge is 0.346 e. The van der Waals surface area contributed by atoms with Crippen LogP contribution in [0.1, 0.15) is 36.3 Å². The van der Waals surface area contributed by atoms with Crippen LogP contribution in [0.25, 0.3) is 5.65 Å². The summed E-state index contributed by atoms with van der Waals surface area (Å²) in [6, 6.07) is 11.7. The number of hydrogen-bond donors (Lipinski definition) is 1. The van der Waals surface area contributed by atoms with Gasteiger partial charge in [0, 0.05) is 18.6 Å². The van der Waals surface area contributed by atoms with E-state index in [0.29, 0.717) is 6.42 Å². The summed E-state index contributed by atoms with van der Waals surface area (Å²) in [6.07, 6.45) is 9.20. The van der Waals surface area contributed by atoms with Crippen molar-refractivity contribution < 1.29 is 4.79 Å². The summed E-state index contributed by atoms with van der Waals surface area (Å²) in [5, 5.41) is 16.0. The molecule has 0 aliphatic carbocycles. The number of fused-ring (bicyclic) bond motifs is 1. The molecule has 8 heteroatoms. The van der Waals surface area contributed by atoms with Crippen LogP contribution in [0, 0.1) is 0 Å². The molecule has 0 aromatic carbocycles. The van der Waals surface area contributed by atoms with Crippen molar-refractivity contribution in [3.63, 3.8) is 0 Å². The molecule has 4 aromatic rings. The summed E-state index contributed by atoms with van der Waals surface area (Å²) in [5.41, 5.74) is 1.93. The Kier molecular flexibility index (Phi) is 6.31. The molecule has 2 atom stereocenters. The summed E-state index contributed by atoms with van der Waals surface area (Å²) < 4.78 is 4.04. The summed E-state index contributed by atoms with van der Waals surface area (Å²) in [5.74, 6) is 1.71. The van der Waals surface area contributed by atoms with Gasteiger partial charge in [0.05, 0.1) is 18.5 Å². The lowest BCUT2D eigenvalue weighted by Gasteiger charge is -2.21. The highest BCUT2D eigenvalue weighted by Crippen LogP contribution is 2.25. The van der Waals surface area contributed by atoms with Crippen LogP contribution < -0.4 is 5.32 Å². The molecule has 6 nitrogen and oxygen atoms in total. The lowest BCUT2D eigenvalue weighted by molar-refractivity contribution is -0.122. The van der Waals surface area contributed by atoms with Crippen molar-refractivity contribution in [2.45, 2.75) is 24.9 Å². The maximum Gasteiger partial charge on any atom is 0.223 e. The molecule has 4 aromatic heterocycles. The van der Waals surface area contributed by atoms with Crippen LogP contribution in [0.5, 0.6) is 0 Å². The number of amides is 1. The average molecular weight is 426 g/mol. The quantitative estimate of drug-likeness (QED) is 0.437. The second-order valence-corrected chi connectivity index (χ2v) is 8.56. The predicted octanol–water partition coefficient (Wildman–Crippen LogP) is 4.18. The fourth-order valence-corrected chi connectivity index (χ4v) is 4.62. The van der Waals surface area contributed by atoms with Gasteiger partial charge in [-0.05, 0) is 65.1 Å². The average Bonchev–Trinajstić information content (AvgIpc) is 3.50. The van der Waals surface area contributed by atoms with Gasteiger partial charge in [-0.25, -0.2) is 0 Å². The molecule has 0 saturated heterocycles. The van der Waals surface area contributed by atoms with Crippen LogP contribution in [-0.4, -0.2) is 37.1 Å². The normalized spacial score (nSPS) is 13.4. The Hall–Kier alpha value is -2.58. The summed E-state index contributed by atoms with van der Waals surface area (Å²) in [6.45, 7) is 0. The van der Waals surface area contributed by atoms with E-state index >= 15 is 0 Å². The number of nitrogens with zero attached hydrogens (tertiary/aromatic N) is 4. The number of nitrogens with one attached hydrogen (secondary N) is 1. The third-order valence-electron chi connectivity index (χ3n) is 4.89. The van der Waals surface area contributed by atoms with E-state index in [9.17, 15) is 4.79 Å². The maximum atomic E-state index is 13.1. The molecule has 0 aliphatic heterocycles. The van der Waals surface area contributed by atoms with Gasteiger partial charge in [-0.15, -0.1) is 10.2 Å². The van der Waals surface area contributed by atoms with Crippen LogP contribution in [0.15, 0.2) is 65.7 Å². The van der Waals surface area contributed by atoms with E-state index < -0.39 is 0 Å². The molecule has 0 fully saturated rings. The van der Waals surface area contributed by atoms with Crippen molar-refractivity contribution in [1.82, 2.24) is 24.5 Å². The smallest absolute Gasteiger partial charge is 0.223 e. The number of pyridine rings is 1. The standard InChI is InChI=1S/C21H23N5OS2/c1-28-12-8-17(21-24-23-19-6-2-3-11-26(19)21)22-20(27)14-18(16-7-13-29-15-16)25-9-4-5-10-25/h2-7,9-11,13,15,17-18H,8,12,14H2,1H3,(H,22,27)/t17-,18?/m0/s1. The highest BCUT2D eigenvalue weighted by molar-refractivity contribution is 7.98. The van der Waals surface area contributed by atoms with Gasteiger partial charge in [-0.3, -0.25) is 9.20 Å². The number of thiophene rings is 1. The minimum absolute atomic E-state index is 0.00804. The molecular formula is C21H23N5OS2. The molecular weight excluding hydrogens is 402 g/mol. The molecule has 0 radical (unpaired) electrons. The monoisotopic (exact) mass is 425 g/mol. The fraction of sp³-hybridized carbons (Fsp3) is 0.286. The van der Waals surface area contributed by atoms with Crippen molar-refractivity contribution in [3.8, 4) is 0 Å². The first-order chi connectivity index (χ1) is 14.3. The van der Waals surface area contributed by atoms with Crippen molar-refractivity contribution in [2.75, 3.05) is 12.0 Å². The van der Waals surface area contributed by atoms with Gasteiger partial charge in [0.15, 0.2) is 11.5 Å². The zero-order valence-electron chi connectivity index (χ0n) is 16.1. The van der Waals surface area contributed by atoms with Crippen LogP contribution >= 0.6 is 23.1 Å². The highest BCUT2D eigenvalue weighted by atomic mass is 32.2. The fourth-order valence-electron chi connectivity index (χ4n) is 3.44. The highest BCUT2D eigenvalue weighted by Gasteiger charge is 2.23. The molecule has 4 heterocycles. The van der Waals surface area contributed by atoms with E-state index in [-0.39, 0.29) is 18.0 Å². The predicted molar refractivity (Wildman–Crippen MR) is 118 cm³/mol. The zero-order valence-corrected chi connectivity index (χ0v) is 17.8. The van der Waals surface area contributed by atoms with Crippen molar-refractivity contribution in [2.24, 2.45) is 0 Å². The van der Waals surface area contributed by atoms with E-state index in [1.807, 2.05) is 58.7 Å². The van der Waals surface area contributed by atoms with Gasteiger partial charge >= 0.3 is 0 Å². The number of rotatable bonds is 9. The van der Waals surface area contributed by atoms with Gasteiger partial charge < -0.3 is 9.88 Å². The molecule has 0 spiro atoms. The van der Waals surface area contributed by atoms with E-state index in [0.717, 1.165) is 29.2 Å². The van der Waals surface area contributed by atoms with E-state index in [1.165, 1.54) is 0 Å². The minimum Gasteiger partial charge on any atom is -0.346 e. The second-order valence-electron chi connectivity index (χ2n) is 6.80. The maximum absolute atomic E-state index is 13.1. The van der Waals surface area contributed by atoms with Crippen LogP contribution in [0.4, 0.5) is 0 Å². The summed E-state index contributed by atoms with van der Waals surface area (Å²) in [4.78, 5) is 13.1. The third-order valence-corrected chi connectivity index (χ3v) is 6.24. The van der Waals surface area contributed by atoms with Crippen molar-refractivity contribution >= 4 is 34.7 Å². The molecule has 4 rings (SSSR count). The lowest BCUT2D eigenvalue weighted by atomic mass is 10.1. The Bertz CT molecular complexity index is 1010. The Morgan fingerprint density at radius 3 is 2.76 bits per heavy atom. The topological polar surface area (TPSA) is 64.2 Å². The lowest BCUT2D eigenvalue weighted by Crippen LogP contribution is -2.32. The molecule has 150 valence electrons. The number of carbonyl (C=O) groups is 1. The van der Waals surface area contributed by atoms with Gasteiger partial charge in [0.1, 0.15) is 0 Å². The molecule has 1 N–H and O–H groups in total. The molecule has 1 unspecified atom stereocenters. The van der Waals surface area contributed by atoms with E-state index in [1.54, 1.807) is 23.1 Å². The number of carbonyl (C=O) groups excluding carboxylic acids is 1. The van der Waals surface area contributed by atoms with E-state index in [4.69, 9.17) is 0 Å². The Morgan fingerprint density at radius 1 is 1.17 bits per heavy atom. The van der Waals surface area contributed by atoms with Crippen LogP contribution in [0.3, 0.4) is 0 Å². The third kappa shape index (κ3) is 4.54. The molecule has 0 saturated carbocycles. The first-order valence-electron chi connectivity index (χ1n) is 9.49. The molecule has 0 aliphatic rings. The van der Waals surface area contributed by atoms with Gasteiger partial charge in [-0.2, -0.15) is 23.1 Å². The second kappa shape index (κ2) is 9.28. The first kappa shape index (κ1) is 19.7. The van der Waals surface area contributed by atoms with Crippen LogP contribution in [-0.2, 0) is 4.79 Å². The minimum atomic E-state index is -0.180. The van der Waals surface area contributed by atoms with Crippen molar-refractivity contribution in [1.29, 1.82) is 0 Å². The Labute approximate surface area is 178 Å². The molecule has 29 heavy (non-hydrogen) atoms. The first-order valence-corrected chi connectivity index (χ1v) is 11.8. The zero-order chi connectivity index (χ0) is 20.1. The van der Waals surface area contributed by atoms with Gasteiger partial charge in [0.2, 0.25) is 5.91 Å². The number of aromatic nitrogens is 4. The SMILES string of the molecule is CSCC[C@H](NC(=O)CC(c1ccsc1)n1cccc1)c1nnc2ccccn12. The number of thioether (sulfide) groups is 1. The molecule has 1 amide bonds. The van der Waals surface area contributed by atoms with E-state index in [2.05, 4.69) is 37.8 Å². The Morgan fingerprint density at radius 2 is 2.00 bits per heavy atom.